The van der Waals surface area contributed by atoms with E-state index in [1.54, 1.807) is 12.1 Å². The topological polar surface area (TPSA) is 52.5 Å². The van der Waals surface area contributed by atoms with Crippen LogP contribution in [0.1, 0.15) is 5.56 Å². The van der Waals surface area contributed by atoms with Crippen LogP contribution in [0.5, 0.6) is 5.75 Å². The maximum absolute atomic E-state index is 12.9. The lowest BCUT2D eigenvalue weighted by Gasteiger charge is -2.15. The third-order valence-electron chi connectivity index (χ3n) is 2.93. The number of halogens is 2. The van der Waals surface area contributed by atoms with Crippen molar-refractivity contribution in [3.63, 3.8) is 0 Å². The molecule has 0 heterocycles. The van der Waals surface area contributed by atoms with Gasteiger partial charge in [-0.05, 0) is 16.8 Å². The van der Waals surface area contributed by atoms with Gasteiger partial charge < -0.3 is 15.5 Å². The fraction of sp³-hybridized carbons (Fsp3) is 0.286. The van der Waals surface area contributed by atoms with Crippen LogP contribution in [0.3, 0.4) is 0 Å². The summed E-state index contributed by atoms with van der Waals surface area (Å²) in [6.07, 6.45) is 0. The van der Waals surface area contributed by atoms with Crippen molar-refractivity contribution in [1.29, 1.82) is 0 Å². The Morgan fingerprint density at radius 1 is 1.11 bits per heavy atom. The number of phenolic OH excluding ortho intramolecular Hbond substituents is 1. The van der Waals surface area contributed by atoms with Gasteiger partial charge in [0.15, 0.2) is 0 Å². The molecular weight excluding hydrogens is 252 g/mol. The van der Waals surface area contributed by atoms with E-state index in [1.807, 2.05) is 24.3 Å². The average Bonchev–Trinajstić information content (AvgIpc) is 2.41. The number of nitrogens with one attached hydrogen (secondary N) is 1. The van der Waals surface area contributed by atoms with Gasteiger partial charge in [0, 0.05) is 12.1 Å². The van der Waals surface area contributed by atoms with Gasteiger partial charge in [0.05, 0.1) is 6.54 Å². The summed E-state index contributed by atoms with van der Waals surface area (Å²) < 4.78 is 25.8. The maximum atomic E-state index is 12.9. The van der Waals surface area contributed by atoms with Gasteiger partial charge in [0.2, 0.25) is 0 Å². The summed E-state index contributed by atoms with van der Waals surface area (Å²) in [7, 11) is 0. The smallest absolute Gasteiger partial charge is 0.282 e. The second-order valence-electron chi connectivity index (χ2n) is 4.40. The van der Waals surface area contributed by atoms with Crippen molar-refractivity contribution in [2.45, 2.75) is 12.5 Å². The molecule has 0 aliphatic rings. The van der Waals surface area contributed by atoms with Crippen LogP contribution in [0.4, 0.5) is 8.78 Å². The molecule has 0 amide bonds. The Bertz CT molecular complexity index is 572. The monoisotopic (exact) mass is 267 g/mol. The van der Waals surface area contributed by atoms with E-state index in [0.29, 0.717) is 5.56 Å². The minimum absolute atomic E-state index is 0.0681. The van der Waals surface area contributed by atoms with Crippen molar-refractivity contribution in [1.82, 2.24) is 5.32 Å². The van der Waals surface area contributed by atoms with Crippen molar-refractivity contribution >= 4 is 10.8 Å². The van der Waals surface area contributed by atoms with Gasteiger partial charge in [-0.25, -0.2) is 8.78 Å². The SMILES string of the molecule is OCC(F)(F)CNCc1c(O)ccc2ccccc12. The molecule has 0 bridgehead atoms. The predicted molar refractivity (Wildman–Crippen MR) is 69.4 cm³/mol. The Morgan fingerprint density at radius 2 is 1.84 bits per heavy atom. The predicted octanol–water partition coefficient (Wildman–Crippen LogP) is 2.26. The summed E-state index contributed by atoms with van der Waals surface area (Å²) in [6.45, 7) is -1.71. The third kappa shape index (κ3) is 3.19. The Kier molecular flexibility index (Phi) is 3.97. The molecule has 102 valence electrons. The number of benzene rings is 2. The quantitative estimate of drug-likeness (QED) is 0.779. The Labute approximate surface area is 109 Å². The van der Waals surface area contributed by atoms with Crippen LogP contribution < -0.4 is 5.32 Å². The summed E-state index contributed by atoms with van der Waals surface area (Å²) in [6, 6.07) is 10.7. The van der Waals surface area contributed by atoms with E-state index in [0.717, 1.165) is 10.8 Å². The largest absolute Gasteiger partial charge is 0.508 e. The number of hydrogen-bond donors (Lipinski definition) is 3. The molecule has 0 aromatic heterocycles. The minimum Gasteiger partial charge on any atom is -0.508 e. The number of alkyl halides is 2. The highest BCUT2D eigenvalue weighted by Crippen LogP contribution is 2.27. The Morgan fingerprint density at radius 3 is 2.58 bits per heavy atom. The van der Waals surface area contributed by atoms with Crippen LogP contribution >= 0.6 is 0 Å². The summed E-state index contributed by atoms with van der Waals surface area (Å²) in [5, 5.41) is 22.6. The fourth-order valence-corrected chi connectivity index (χ4v) is 1.94. The van der Waals surface area contributed by atoms with Gasteiger partial charge in [-0.3, -0.25) is 0 Å². The molecule has 0 saturated carbocycles. The van der Waals surface area contributed by atoms with Crippen LogP contribution in [0, 0.1) is 0 Å². The number of hydrogen-bond acceptors (Lipinski definition) is 3. The van der Waals surface area contributed by atoms with E-state index in [9.17, 15) is 13.9 Å². The second kappa shape index (κ2) is 5.50. The number of rotatable bonds is 5. The Balaban J connectivity index is 2.18. The van der Waals surface area contributed by atoms with E-state index in [2.05, 4.69) is 5.32 Å². The standard InChI is InChI=1S/C14H15F2NO2/c15-14(16,9-18)8-17-7-12-11-4-2-1-3-10(11)5-6-13(12)19/h1-6,17-19H,7-9H2. The number of aliphatic hydroxyl groups is 1. The van der Waals surface area contributed by atoms with E-state index >= 15 is 0 Å². The highest BCUT2D eigenvalue weighted by atomic mass is 19.3. The summed E-state index contributed by atoms with van der Waals surface area (Å²) in [5.41, 5.74) is 0.576. The molecule has 0 saturated heterocycles. The first-order chi connectivity index (χ1) is 9.03. The van der Waals surface area contributed by atoms with Gasteiger partial charge in [-0.2, -0.15) is 0 Å². The summed E-state index contributed by atoms with van der Waals surface area (Å²) in [4.78, 5) is 0. The first-order valence-electron chi connectivity index (χ1n) is 5.92. The molecule has 2 aromatic rings. The zero-order valence-electron chi connectivity index (χ0n) is 10.2. The molecule has 0 aliphatic heterocycles. The van der Waals surface area contributed by atoms with Crippen LogP contribution in [0.2, 0.25) is 0 Å². The lowest BCUT2D eigenvalue weighted by atomic mass is 10.0. The number of fused-ring (bicyclic) bond motifs is 1. The first-order valence-corrected chi connectivity index (χ1v) is 5.92. The molecule has 2 rings (SSSR count). The average molecular weight is 267 g/mol. The van der Waals surface area contributed by atoms with Crippen LogP contribution in [-0.2, 0) is 6.54 Å². The number of aromatic hydroxyl groups is 1. The molecule has 19 heavy (non-hydrogen) atoms. The lowest BCUT2D eigenvalue weighted by Crippen LogP contribution is -2.35. The zero-order valence-corrected chi connectivity index (χ0v) is 10.2. The molecule has 0 atom stereocenters. The number of aliphatic hydroxyl groups excluding tert-OH is 1. The van der Waals surface area contributed by atoms with E-state index in [-0.39, 0.29) is 12.3 Å². The van der Waals surface area contributed by atoms with Gasteiger partial charge in [-0.15, -0.1) is 0 Å². The van der Waals surface area contributed by atoms with Crippen molar-refractivity contribution < 1.29 is 19.0 Å². The molecule has 0 aliphatic carbocycles. The molecule has 0 spiro atoms. The highest BCUT2D eigenvalue weighted by molar-refractivity contribution is 5.87. The van der Waals surface area contributed by atoms with Gasteiger partial charge >= 0.3 is 0 Å². The fourth-order valence-electron chi connectivity index (χ4n) is 1.94. The van der Waals surface area contributed by atoms with Crippen molar-refractivity contribution in [2.24, 2.45) is 0 Å². The molecule has 2 aromatic carbocycles. The van der Waals surface area contributed by atoms with E-state index in [1.165, 1.54) is 0 Å². The summed E-state index contributed by atoms with van der Waals surface area (Å²) in [5.74, 6) is -3.08. The number of phenols is 1. The minimum atomic E-state index is -3.15. The van der Waals surface area contributed by atoms with Crippen molar-refractivity contribution in [2.75, 3.05) is 13.2 Å². The zero-order chi connectivity index (χ0) is 13.9. The van der Waals surface area contributed by atoms with Gasteiger partial charge in [0.1, 0.15) is 12.4 Å². The molecule has 3 nitrogen and oxygen atoms in total. The van der Waals surface area contributed by atoms with Crippen molar-refractivity contribution in [3.8, 4) is 5.75 Å². The molecule has 0 unspecified atom stereocenters. The van der Waals surface area contributed by atoms with Crippen molar-refractivity contribution in [3.05, 3.63) is 42.0 Å². The highest BCUT2D eigenvalue weighted by Gasteiger charge is 2.26. The molecule has 5 heteroatoms. The van der Waals surface area contributed by atoms with Crippen LogP contribution in [0.15, 0.2) is 36.4 Å². The molecule has 0 fully saturated rings. The lowest BCUT2D eigenvalue weighted by molar-refractivity contribution is -0.0477. The first kappa shape index (κ1) is 13.7. The summed E-state index contributed by atoms with van der Waals surface area (Å²) >= 11 is 0. The van der Waals surface area contributed by atoms with E-state index in [4.69, 9.17) is 5.11 Å². The van der Waals surface area contributed by atoms with Gasteiger partial charge in [-0.1, -0.05) is 30.3 Å². The van der Waals surface area contributed by atoms with Crippen LogP contribution in [0.25, 0.3) is 10.8 Å². The molecule has 3 N–H and O–H groups in total. The third-order valence-corrected chi connectivity index (χ3v) is 2.93. The normalized spacial score (nSPS) is 11.9. The second-order valence-corrected chi connectivity index (χ2v) is 4.40. The van der Waals surface area contributed by atoms with Gasteiger partial charge in [0.25, 0.3) is 5.92 Å². The maximum Gasteiger partial charge on any atom is 0.282 e. The van der Waals surface area contributed by atoms with Crippen LogP contribution in [-0.4, -0.2) is 29.3 Å². The van der Waals surface area contributed by atoms with E-state index < -0.39 is 19.1 Å². The molecular formula is C14H15F2NO2. The molecule has 0 radical (unpaired) electrons. The Hall–Kier alpha value is -1.72.